The highest BCUT2D eigenvalue weighted by Crippen LogP contribution is 2.41. The van der Waals surface area contributed by atoms with Gasteiger partial charge in [-0.1, -0.05) is 54.6 Å². The van der Waals surface area contributed by atoms with Gasteiger partial charge in [-0.25, -0.2) is 14.4 Å². The molecule has 6 fully saturated rings. The number of para-hydroxylation sites is 3. The topological polar surface area (TPSA) is 328 Å². The number of hydrogen-bond acceptors (Lipinski definition) is 19. The minimum Gasteiger partial charge on any atom is -0.444 e. The fourth-order valence-corrected chi connectivity index (χ4v) is 13.0. The van der Waals surface area contributed by atoms with Gasteiger partial charge in [-0.05, 0) is 146 Å². The van der Waals surface area contributed by atoms with Gasteiger partial charge in [-0.2, -0.15) is 20.0 Å². The normalized spacial score (nSPS) is 19.7. The van der Waals surface area contributed by atoms with Crippen molar-refractivity contribution in [2.24, 2.45) is 0 Å². The summed E-state index contributed by atoms with van der Waals surface area (Å²) < 4.78 is 37.0. The fraction of sp³-hybridized carbons (Fsp3) is 0.603. The first-order chi connectivity index (χ1) is 48.4. The van der Waals surface area contributed by atoms with Gasteiger partial charge in [0.25, 0.3) is 23.6 Å². The second-order valence-corrected chi connectivity index (χ2v) is 29.8. The van der Waals surface area contributed by atoms with Crippen LogP contribution in [0.4, 0.5) is 14.4 Å². The maximum Gasteiger partial charge on any atom is 0.410 e. The summed E-state index contributed by atoms with van der Waals surface area (Å²) in [5, 5.41) is 40.5. The van der Waals surface area contributed by atoms with Crippen molar-refractivity contribution >= 4 is 80.5 Å². The molecule has 3 aromatic carbocycles. The summed E-state index contributed by atoms with van der Waals surface area (Å²) in [6.07, 6.45) is 2.60. The summed E-state index contributed by atoms with van der Waals surface area (Å²) in [5.74, 6) is -1.38. The first-order valence-electron chi connectivity index (χ1n) is 35.6. The zero-order chi connectivity index (χ0) is 73.5. The first-order valence-corrected chi connectivity index (χ1v) is 35.6. The molecule has 29 heteroatoms. The standard InChI is InChI=1S/C27H39N5O6.C24H32N4O6.C22H30N4O4/c1-18(24-20-8-5-6-9-21(20)31(29-24)13-7-12-28-23(34)17-33)32(19-10-11-19)25(35)22-16-30(14-15-37-22)26(36)38-27(2,3)4;1-15(21-17-7-5-6-8-18(17)28(25-21)20(30)14-29)27(16-9-10-16)22(31)19-13-26(11-12-33-19)23(32)34-24(2,3)4;1-14(19-16-7-5-6-8-17(16)23-24-19)26(15-9-10-15)20(27)18-13-25(11-12-29-18)21(28)30-22(2,3)4/h5-6,8-9,18-19,22,33H,7,10-17H2,1-4H3,(H,28,34);5-8,15-16,19,29H,9-14H2,1-4H3;5-8,14-15,18H,9-13H2,1-4H3,(H,23,24)/t18-,22-;15-,19-;14-,18-/m111/s1. The van der Waals surface area contributed by atoms with Crippen LogP contribution in [0.1, 0.15) is 168 Å². The van der Waals surface area contributed by atoms with Gasteiger partial charge < -0.3 is 73.4 Å². The zero-order valence-electron chi connectivity index (χ0n) is 60.8. The largest absolute Gasteiger partial charge is 0.444 e. The molecule has 29 nitrogen and oxygen atoms in total. The molecule has 0 unspecified atom stereocenters. The molecule has 3 saturated carbocycles. The van der Waals surface area contributed by atoms with E-state index in [9.17, 15) is 43.5 Å². The zero-order valence-corrected chi connectivity index (χ0v) is 60.8. The molecular formula is C73H101N13O16. The second-order valence-electron chi connectivity index (χ2n) is 29.8. The highest BCUT2D eigenvalue weighted by molar-refractivity contribution is 5.94. The number of fused-ring (bicyclic) bond motifs is 3. The minimum atomic E-state index is -0.809. The van der Waals surface area contributed by atoms with Crippen molar-refractivity contribution in [1.29, 1.82) is 0 Å². The molecule has 7 amide bonds. The van der Waals surface area contributed by atoms with E-state index in [1.54, 1.807) is 47.6 Å². The Bertz CT molecular complexity index is 3970. The summed E-state index contributed by atoms with van der Waals surface area (Å²) >= 11 is 0. The number of aliphatic hydroxyl groups excluding tert-OH is 2. The van der Waals surface area contributed by atoms with Crippen LogP contribution in [0.25, 0.3) is 32.7 Å². The van der Waals surface area contributed by atoms with Gasteiger partial charge >= 0.3 is 18.3 Å². The number of aliphatic hydroxyl groups is 2. The number of hydrogen-bond donors (Lipinski definition) is 4. The van der Waals surface area contributed by atoms with E-state index in [1.165, 1.54) is 9.58 Å². The van der Waals surface area contributed by atoms with E-state index in [0.29, 0.717) is 57.0 Å². The van der Waals surface area contributed by atoms with Crippen LogP contribution in [0.2, 0.25) is 0 Å². The van der Waals surface area contributed by atoms with E-state index < -0.39 is 84.5 Å². The number of nitrogens with one attached hydrogen (secondary N) is 2. The molecule has 3 aliphatic carbocycles. The Morgan fingerprint density at radius 1 is 0.539 bits per heavy atom. The molecule has 3 aliphatic heterocycles. The number of aryl methyl sites for hydroxylation is 1. The predicted molar refractivity (Wildman–Crippen MR) is 375 cm³/mol. The van der Waals surface area contributed by atoms with Crippen LogP contribution in [0, 0.1) is 0 Å². The average Bonchev–Trinajstić information content (AvgIpc) is 1.62. The number of morpholine rings is 3. The second kappa shape index (κ2) is 32.3. The Balaban J connectivity index is 0.000000166. The monoisotopic (exact) mass is 1420 g/mol. The minimum absolute atomic E-state index is 0.0421. The van der Waals surface area contributed by atoms with Gasteiger partial charge in [-0.15, -0.1) is 0 Å². The molecule has 102 heavy (non-hydrogen) atoms. The van der Waals surface area contributed by atoms with Crippen molar-refractivity contribution in [3.05, 3.63) is 89.9 Å². The van der Waals surface area contributed by atoms with Crippen LogP contribution in [0.3, 0.4) is 0 Å². The maximum absolute atomic E-state index is 13.8. The van der Waals surface area contributed by atoms with Crippen LogP contribution in [0.15, 0.2) is 72.8 Å². The lowest BCUT2D eigenvalue weighted by molar-refractivity contribution is -0.152. The van der Waals surface area contributed by atoms with E-state index in [2.05, 4.69) is 20.6 Å². The van der Waals surface area contributed by atoms with Crippen molar-refractivity contribution in [2.45, 2.75) is 206 Å². The van der Waals surface area contributed by atoms with Crippen molar-refractivity contribution in [3.63, 3.8) is 0 Å². The van der Waals surface area contributed by atoms with Gasteiger partial charge in [0.1, 0.15) is 30.0 Å². The SMILES string of the molecule is C[C@H](c1[nH]nc2ccccc12)N(C(=O)[C@H]1CN(C(=O)OC(C)(C)C)CCO1)C1CC1.C[C@H](c1nn(C(=O)CO)c2ccccc12)N(C(=O)[C@H]1CN(C(=O)OC(C)(C)C)CCO1)C1CC1.C[C@H](c1nn(CCCNC(=O)CO)c2ccccc12)N(C(=O)[C@H]1CN(C(=O)OC(C)(C)C)CCO1)C1CC1. The highest BCUT2D eigenvalue weighted by atomic mass is 16.6. The third-order valence-electron chi connectivity index (χ3n) is 18.2. The molecule has 6 heterocycles. The fourth-order valence-electron chi connectivity index (χ4n) is 13.0. The third kappa shape index (κ3) is 18.9. The molecule has 4 N–H and O–H groups in total. The van der Waals surface area contributed by atoms with Crippen LogP contribution in [-0.2, 0) is 54.1 Å². The number of rotatable bonds is 18. The molecule has 6 aromatic rings. The molecule has 0 spiro atoms. The van der Waals surface area contributed by atoms with E-state index >= 15 is 0 Å². The number of carbonyl (C=O) groups is 8. The number of H-pyrrole nitrogens is 1. The molecule has 3 aromatic heterocycles. The van der Waals surface area contributed by atoms with Gasteiger partial charge in [-0.3, -0.25) is 33.8 Å². The number of nitrogens with zero attached hydrogens (tertiary/aromatic N) is 11. The summed E-state index contributed by atoms with van der Waals surface area (Å²) in [4.78, 5) is 112. The molecule has 0 bridgehead atoms. The Morgan fingerprint density at radius 2 is 0.931 bits per heavy atom. The van der Waals surface area contributed by atoms with E-state index in [-0.39, 0.29) is 80.8 Å². The molecule has 6 aliphatic rings. The van der Waals surface area contributed by atoms with Gasteiger partial charge in [0, 0.05) is 67.0 Å². The first kappa shape index (κ1) is 75.9. The number of aromatic nitrogens is 6. The lowest BCUT2D eigenvalue weighted by Crippen LogP contribution is -2.54. The average molecular weight is 1420 g/mol. The van der Waals surface area contributed by atoms with Gasteiger partial charge in [0.15, 0.2) is 18.3 Å². The molecule has 6 atom stereocenters. The molecule has 0 radical (unpaired) electrons. The van der Waals surface area contributed by atoms with Crippen LogP contribution in [0.5, 0.6) is 0 Å². The van der Waals surface area contributed by atoms with E-state index in [1.807, 2.05) is 137 Å². The van der Waals surface area contributed by atoms with Gasteiger partial charge in [0.05, 0.1) is 91.2 Å². The van der Waals surface area contributed by atoms with Crippen molar-refractivity contribution in [3.8, 4) is 0 Å². The van der Waals surface area contributed by atoms with E-state index in [0.717, 1.165) is 77.1 Å². The third-order valence-corrected chi connectivity index (χ3v) is 18.2. The molecule has 12 rings (SSSR count). The lowest BCUT2D eigenvalue weighted by Gasteiger charge is -2.37. The Hall–Kier alpha value is -8.77. The Kier molecular flexibility index (Phi) is 24.0. The summed E-state index contributed by atoms with van der Waals surface area (Å²) in [5.41, 5.74) is 2.90. The lowest BCUT2D eigenvalue weighted by atomic mass is 10.1. The molecule has 3 saturated heterocycles. The van der Waals surface area contributed by atoms with Crippen molar-refractivity contribution < 1.29 is 77.0 Å². The summed E-state index contributed by atoms with van der Waals surface area (Å²) in [6.45, 7) is 24.5. The number of carbonyl (C=O) groups excluding carboxylic acids is 8. The van der Waals surface area contributed by atoms with Crippen LogP contribution < -0.4 is 5.32 Å². The Morgan fingerprint density at radius 3 is 1.35 bits per heavy atom. The van der Waals surface area contributed by atoms with Crippen molar-refractivity contribution in [2.75, 3.05) is 78.8 Å². The van der Waals surface area contributed by atoms with Crippen LogP contribution >= 0.6 is 0 Å². The summed E-state index contributed by atoms with van der Waals surface area (Å²) in [6, 6.07) is 22.5. The predicted octanol–water partition coefficient (Wildman–Crippen LogP) is 7.83. The van der Waals surface area contributed by atoms with Crippen LogP contribution in [-0.4, -0.2) is 249 Å². The molecule has 554 valence electrons. The summed E-state index contributed by atoms with van der Waals surface area (Å²) in [7, 11) is 0. The quantitative estimate of drug-likeness (QED) is 0.0470. The smallest absolute Gasteiger partial charge is 0.410 e. The maximum atomic E-state index is 13.8. The Labute approximate surface area is 594 Å². The van der Waals surface area contributed by atoms with E-state index in [4.69, 9.17) is 38.6 Å². The number of amides is 7. The van der Waals surface area contributed by atoms with Gasteiger partial charge in [0.2, 0.25) is 5.91 Å². The number of benzene rings is 3. The highest BCUT2D eigenvalue weighted by Gasteiger charge is 2.47. The molecular weight excluding hydrogens is 1310 g/mol. The number of aromatic amines is 1. The van der Waals surface area contributed by atoms with Crippen molar-refractivity contribution in [1.82, 2.24) is 64.5 Å². The number of ether oxygens (including phenoxy) is 6.